The van der Waals surface area contributed by atoms with Crippen molar-refractivity contribution in [2.45, 2.75) is 47.2 Å². The standard InChI is InChI=1S/C33H37BrClN3O5S/c1-5-16-36(23-12-14-24(15-13-23)43-7-3)30(40)26-27-31(41)38(20(4)19-39)29(33(27)18-25(34)28(26)44-33)32(42)37(17-6-2)22-10-8-21(35)9-11-22/h5-6,8-15,20,25-29,39H,1-2,7,16-19H2,3-4H3/t20-,25?,26-,27+,28-,29?,33?/m1/s1. The third-order valence-electron chi connectivity index (χ3n) is 8.74. The van der Waals surface area contributed by atoms with Crippen LogP contribution in [-0.2, 0) is 14.4 Å². The van der Waals surface area contributed by atoms with Crippen molar-refractivity contribution >= 4 is 68.4 Å². The average molecular weight is 703 g/mol. The molecular formula is C33H37BrClN3O5S. The van der Waals surface area contributed by atoms with Crippen LogP contribution in [0.5, 0.6) is 5.75 Å². The van der Waals surface area contributed by atoms with Crippen molar-refractivity contribution in [3.05, 3.63) is 78.9 Å². The van der Waals surface area contributed by atoms with Crippen LogP contribution in [0.3, 0.4) is 0 Å². The number of halogens is 2. The van der Waals surface area contributed by atoms with Gasteiger partial charge in [-0.2, -0.15) is 0 Å². The maximum atomic E-state index is 14.7. The van der Waals surface area contributed by atoms with E-state index >= 15 is 0 Å². The van der Waals surface area contributed by atoms with E-state index in [1.807, 2.05) is 31.2 Å². The summed E-state index contributed by atoms with van der Waals surface area (Å²) in [6, 6.07) is 12.7. The zero-order valence-corrected chi connectivity index (χ0v) is 27.9. The van der Waals surface area contributed by atoms with E-state index in [9.17, 15) is 19.5 Å². The minimum Gasteiger partial charge on any atom is -0.494 e. The van der Waals surface area contributed by atoms with Gasteiger partial charge in [-0.3, -0.25) is 14.4 Å². The van der Waals surface area contributed by atoms with Crippen molar-refractivity contribution in [3.63, 3.8) is 0 Å². The molecule has 3 amide bonds. The van der Waals surface area contributed by atoms with E-state index < -0.39 is 28.7 Å². The summed E-state index contributed by atoms with van der Waals surface area (Å²) in [5.74, 6) is -1.49. The maximum absolute atomic E-state index is 14.7. The zero-order valence-electron chi connectivity index (χ0n) is 24.8. The number of amides is 3. The second-order valence-electron chi connectivity index (χ2n) is 11.3. The molecule has 3 unspecified atom stereocenters. The summed E-state index contributed by atoms with van der Waals surface area (Å²) >= 11 is 11.5. The van der Waals surface area contributed by atoms with Crippen LogP contribution >= 0.6 is 39.3 Å². The fraction of sp³-hybridized carbons (Fsp3) is 0.424. The minimum absolute atomic E-state index is 0.0977. The summed E-state index contributed by atoms with van der Waals surface area (Å²) in [5.41, 5.74) is 1.29. The maximum Gasteiger partial charge on any atom is 0.251 e. The number of thioether (sulfide) groups is 1. The van der Waals surface area contributed by atoms with E-state index in [0.29, 0.717) is 35.2 Å². The number of alkyl halides is 1. The lowest BCUT2D eigenvalue weighted by Gasteiger charge is -2.39. The number of likely N-dealkylation sites (tertiary alicyclic amines) is 1. The van der Waals surface area contributed by atoms with Gasteiger partial charge in [-0.1, -0.05) is 39.7 Å². The fourth-order valence-electron chi connectivity index (χ4n) is 6.93. The van der Waals surface area contributed by atoms with Crippen molar-refractivity contribution in [1.29, 1.82) is 0 Å². The van der Waals surface area contributed by atoms with Crippen molar-refractivity contribution < 1.29 is 24.2 Å². The van der Waals surface area contributed by atoms with E-state index in [0.717, 1.165) is 0 Å². The van der Waals surface area contributed by atoms with Gasteiger partial charge in [0.25, 0.3) is 5.91 Å². The van der Waals surface area contributed by atoms with Gasteiger partial charge in [0.2, 0.25) is 11.8 Å². The largest absolute Gasteiger partial charge is 0.494 e. The highest BCUT2D eigenvalue weighted by atomic mass is 79.9. The molecule has 3 heterocycles. The molecule has 5 rings (SSSR count). The van der Waals surface area contributed by atoms with E-state index in [4.69, 9.17) is 16.3 Å². The summed E-state index contributed by atoms with van der Waals surface area (Å²) in [7, 11) is 0. The molecule has 3 aliphatic rings. The molecule has 1 N–H and O–H groups in total. The zero-order chi connectivity index (χ0) is 31.8. The molecule has 2 aromatic rings. The van der Waals surface area contributed by atoms with Crippen molar-refractivity contribution in [3.8, 4) is 5.75 Å². The third kappa shape index (κ3) is 5.48. The molecule has 2 aromatic carbocycles. The monoisotopic (exact) mass is 701 g/mol. The Balaban J connectivity index is 1.57. The van der Waals surface area contributed by atoms with Crippen LogP contribution in [0.2, 0.25) is 5.02 Å². The predicted molar refractivity (Wildman–Crippen MR) is 180 cm³/mol. The van der Waals surface area contributed by atoms with Crippen molar-refractivity contribution in [2.24, 2.45) is 11.8 Å². The molecule has 3 saturated heterocycles. The lowest BCUT2D eigenvalue weighted by Crippen LogP contribution is -2.57. The lowest BCUT2D eigenvalue weighted by molar-refractivity contribution is -0.141. The van der Waals surface area contributed by atoms with Gasteiger partial charge in [0.1, 0.15) is 11.8 Å². The second kappa shape index (κ2) is 13.3. The van der Waals surface area contributed by atoms with Crippen molar-refractivity contribution in [1.82, 2.24) is 4.90 Å². The summed E-state index contributed by atoms with van der Waals surface area (Å²) in [4.78, 5) is 48.4. The van der Waals surface area contributed by atoms with Crippen LogP contribution in [0.15, 0.2) is 73.8 Å². The molecule has 11 heteroatoms. The highest BCUT2D eigenvalue weighted by Crippen LogP contribution is 2.68. The molecule has 0 saturated carbocycles. The first-order chi connectivity index (χ1) is 21.1. The van der Waals surface area contributed by atoms with Crippen LogP contribution in [0.4, 0.5) is 11.4 Å². The van der Waals surface area contributed by atoms with E-state index in [1.54, 1.807) is 64.9 Å². The van der Waals surface area contributed by atoms with Crippen LogP contribution in [0.1, 0.15) is 20.3 Å². The van der Waals surface area contributed by atoms with E-state index in [1.165, 1.54) is 4.90 Å². The van der Waals surface area contributed by atoms with Gasteiger partial charge in [-0.25, -0.2) is 0 Å². The normalized spacial score (nSPS) is 27.5. The summed E-state index contributed by atoms with van der Waals surface area (Å²) in [5, 5.41) is 10.6. The first kappa shape index (κ1) is 32.6. The van der Waals surface area contributed by atoms with E-state index in [-0.39, 0.29) is 47.5 Å². The van der Waals surface area contributed by atoms with Crippen LogP contribution < -0.4 is 14.5 Å². The second-order valence-corrected chi connectivity index (χ2v) is 14.5. The molecule has 0 radical (unpaired) electrons. The van der Waals surface area contributed by atoms with Gasteiger partial charge in [0, 0.05) is 39.6 Å². The summed E-state index contributed by atoms with van der Waals surface area (Å²) in [6.07, 6.45) is 3.83. The molecule has 0 aromatic heterocycles. The van der Waals surface area contributed by atoms with Gasteiger partial charge in [0.15, 0.2) is 0 Å². The SMILES string of the molecule is C=CCN(C(=O)C1N([C@H](C)CO)C(=O)[C@@H]2[C@@H](C(=O)N(CC=C)c3ccc(OCC)cc3)[C@@H]3SC12CC3Br)c1ccc(Cl)cc1. The number of carbonyl (C=O) groups is 3. The smallest absolute Gasteiger partial charge is 0.251 e. The first-order valence-electron chi connectivity index (χ1n) is 14.7. The molecule has 44 heavy (non-hydrogen) atoms. The van der Waals surface area contributed by atoms with Gasteiger partial charge in [-0.15, -0.1) is 24.9 Å². The highest BCUT2D eigenvalue weighted by Gasteiger charge is 2.76. The Labute approximate surface area is 276 Å². The lowest BCUT2D eigenvalue weighted by atomic mass is 9.70. The number of ether oxygens (including phenoxy) is 1. The van der Waals surface area contributed by atoms with Gasteiger partial charge < -0.3 is 24.5 Å². The van der Waals surface area contributed by atoms with Crippen LogP contribution in [0, 0.1) is 11.8 Å². The van der Waals surface area contributed by atoms with E-state index in [2.05, 4.69) is 29.1 Å². The molecule has 2 bridgehead atoms. The number of aliphatic hydroxyl groups excluding tert-OH is 1. The topological polar surface area (TPSA) is 90.4 Å². The Morgan fingerprint density at radius 1 is 1.11 bits per heavy atom. The molecule has 3 aliphatic heterocycles. The van der Waals surface area contributed by atoms with Crippen LogP contribution in [0.25, 0.3) is 0 Å². The molecule has 1 spiro atoms. The number of hydrogen-bond acceptors (Lipinski definition) is 6. The molecule has 0 aliphatic carbocycles. The Bertz CT molecular complexity index is 1430. The number of anilines is 2. The number of rotatable bonds is 12. The molecule has 3 fully saturated rings. The van der Waals surface area contributed by atoms with Gasteiger partial charge in [0.05, 0.1) is 35.8 Å². The Morgan fingerprint density at radius 2 is 1.68 bits per heavy atom. The first-order valence-corrected chi connectivity index (χ1v) is 16.9. The quantitative estimate of drug-likeness (QED) is 0.238. The number of carbonyl (C=O) groups excluding carboxylic acids is 3. The molecule has 7 atom stereocenters. The Kier molecular flexibility index (Phi) is 9.84. The number of hydrogen-bond donors (Lipinski definition) is 1. The number of aliphatic hydroxyl groups is 1. The minimum atomic E-state index is -0.899. The number of benzene rings is 2. The molecule has 8 nitrogen and oxygen atoms in total. The Morgan fingerprint density at radius 3 is 2.23 bits per heavy atom. The Hall–Kier alpha value is -2.79. The summed E-state index contributed by atoms with van der Waals surface area (Å²) < 4.78 is 4.71. The molecular weight excluding hydrogens is 666 g/mol. The molecule has 234 valence electrons. The third-order valence-corrected chi connectivity index (χ3v) is 12.2. The van der Waals surface area contributed by atoms with Crippen LogP contribution in [-0.4, -0.2) is 80.9 Å². The van der Waals surface area contributed by atoms with Gasteiger partial charge >= 0.3 is 0 Å². The average Bonchev–Trinajstić information content (AvgIpc) is 3.62. The highest BCUT2D eigenvalue weighted by molar-refractivity contribution is 9.09. The number of fused-ring (bicyclic) bond motifs is 1. The summed E-state index contributed by atoms with van der Waals surface area (Å²) in [6.45, 7) is 12.1. The predicted octanol–water partition coefficient (Wildman–Crippen LogP) is 5.32. The van der Waals surface area contributed by atoms with Crippen molar-refractivity contribution in [2.75, 3.05) is 36.1 Å². The fourth-order valence-corrected chi connectivity index (χ4v) is 10.6. The number of nitrogens with zero attached hydrogens (tertiary/aromatic N) is 3. The van der Waals surface area contributed by atoms with Gasteiger partial charge in [-0.05, 0) is 68.8 Å².